The molecule has 1 saturated carbocycles. The standard InChI is InChI=1S/C26H27FN2O4/c1-2-32-22-15-8-7-14-21(22)29(26(31)23-16-9-17-33-23)24(19-12-5-6-13-20(19)27)25(30)28-18-10-3-4-11-18/h5-9,12-18,24H,2-4,10-11H2,1H3,(H,28,30)/t24-/m1/s1. The van der Waals surface area contributed by atoms with E-state index < -0.39 is 23.7 Å². The second-order valence-corrected chi connectivity index (χ2v) is 7.97. The minimum Gasteiger partial charge on any atom is -0.492 e. The van der Waals surface area contributed by atoms with Crippen LogP contribution in [-0.2, 0) is 4.79 Å². The Balaban J connectivity index is 1.86. The number of carbonyl (C=O) groups is 2. The second kappa shape index (κ2) is 10.3. The molecule has 3 aromatic rings. The van der Waals surface area contributed by atoms with Crippen molar-refractivity contribution in [3.05, 3.63) is 84.1 Å². The first kappa shape index (κ1) is 22.6. The number of anilines is 1. The number of rotatable bonds is 8. The fraction of sp³-hybridized carbons (Fsp3) is 0.308. The average molecular weight is 451 g/mol. The number of carbonyl (C=O) groups excluding carboxylic acids is 2. The molecule has 0 saturated heterocycles. The highest BCUT2D eigenvalue weighted by Crippen LogP contribution is 2.37. The zero-order valence-corrected chi connectivity index (χ0v) is 18.5. The summed E-state index contributed by atoms with van der Waals surface area (Å²) >= 11 is 0. The second-order valence-electron chi connectivity index (χ2n) is 7.97. The molecule has 1 N–H and O–H groups in total. The fourth-order valence-electron chi connectivity index (χ4n) is 4.26. The number of halogens is 1. The molecule has 0 aliphatic heterocycles. The molecule has 1 aliphatic carbocycles. The molecule has 0 unspecified atom stereocenters. The molecule has 1 atom stereocenters. The Morgan fingerprint density at radius 3 is 2.52 bits per heavy atom. The van der Waals surface area contributed by atoms with E-state index in [9.17, 15) is 9.59 Å². The van der Waals surface area contributed by atoms with Gasteiger partial charge in [0.25, 0.3) is 5.91 Å². The lowest BCUT2D eigenvalue weighted by Gasteiger charge is -2.32. The Hall–Kier alpha value is -3.61. The molecule has 6 nitrogen and oxygen atoms in total. The van der Waals surface area contributed by atoms with Crippen molar-refractivity contribution in [2.24, 2.45) is 0 Å². The summed E-state index contributed by atoms with van der Waals surface area (Å²) in [6.07, 6.45) is 5.15. The van der Waals surface area contributed by atoms with Gasteiger partial charge in [-0.1, -0.05) is 43.2 Å². The Labute approximate surface area is 192 Å². The number of para-hydroxylation sites is 2. The molecular formula is C26H27FN2O4. The summed E-state index contributed by atoms with van der Waals surface area (Å²) in [6.45, 7) is 2.19. The van der Waals surface area contributed by atoms with Crippen LogP contribution in [0.3, 0.4) is 0 Å². The Kier molecular flexibility index (Phi) is 7.07. The average Bonchev–Trinajstić information content (AvgIpc) is 3.53. The van der Waals surface area contributed by atoms with E-state index in [-0.39, 0.29) is 17.4 Å². The third-order valence-corrected chi connectivity index (χ3v) is 5.78. The van der Waals surface area contributed by atoms with Crippen molar-refractivity contribution in [1.82, 2.24) is 5.32 Å². The van der Waals surface area contributed by atoms with E-state index in [0.29, 0.717) is 18.0 Å². The molecular weight excluding hydrogens is 423 g/mol. The molecule has 2 amide bonds. The predicted molar refractivity (Wildman–Crippen MR) is 123 cm³/mol. The van der Waals surface area contributed by atoms with Gasteiger partial charge in [0, 0.05) is 11.6 Å². The normalized spacial score (nSPS) is 14.6. The molecule has 1 aliphatic rings. The minimum absolute atomic E-state index is 0.00512. The third-order valence-electron chi connectivity index (χ3n) is 5.78. The summed E-state index contributed by atoms with van der Waals surface area (Å²) in [5.41, 5.74) is 0.453. The Morgan fingerprint density at radius 2 is 1.82 bits per heavy atom. The summed E-state index contributed by atoms with van der Waals surface area (Å²) in [7, 11) is 0. The van der Waals surface area contributed by atoms with E-state index in [1.54, 1.807) is 42.5 Å². The Morgan fingerprint density at radius 1 is 1.09 bits per heavy atom. The van der Waals surface area contributed by atoms with Crippen molar-refractivity contribution in [2.75, 3.05) is 11.5 Å². The van der Waals surface area contributed by atoms with E-state index in [2.05, 4.69) is 5.32 Å². The van der Waals surface area contributed by atoms with Gasteiger partial charge in [-0.05, 0) is 50.1 Å². The Bertz CT molecular complexity index is 1090. The van der Waals surface area contributed by atoms with Gasteiger partial charge < -0.3 is 14.5 Å². The molecule has 7 heteroatoms. The van der Waals surface area contributed by atoms with Crippen LogP contribution in [0.4, 0.5) is 10.1 Å². The van der Waals surface area contributed by atoms with Crippen LogP contribution in [0.2, 0.25) is 0 Å². The number of benzene rings is 2. The summed E-state index contributed by atoms with van der Waals surface area (Å²) < 4.78 is 26.2. The summed E-state index contributed by atoms with van der Waals surface area (Å²) in [6, 6.07) is 14.8. The van der Waals surface area contributed by atoms with Gasteiger partial charge in [-0.3, -0.25) is 14.5 Å². The smallest absolute Gasteiger partial charge is 0.295 e. The number of amides is 2. The summed E-state index contributed by atoms with van der Waals surface area (Å²) in [5, 5.41) is 3.04. The van der Waals surface area contributed by atoms with E-state index in [1.807, 2.05) is 6.92 Å². The van der Waals surface area contributed by atoms with Gasteiger partial charge in [0.15, 0.2) is 5.76 Å². The number of hydrogen-bond acceptors (Lipinski definition) is 4. The van der Waals surface area contributed by atoms with Crippen molar-refractivity contribution >= 4 is 17.5 Å². The van der Waals surface area contributed by atoms with Gasteiger partial charge in [-0.2, -0.15) is 0 Å². The van der Waals surface area contributed by atoms with E-state index >= 15 is 4.39 Å². The van der Waals surface area contributed by atoms with Crippen LogP contribution >= 0.6 is 0 Å². The largest absolute Gasteiger partial charge is 0.492 e. The lowest BCUT2D eigenvalue weighted by atomic mass is 10.0. The highest BCUT2D eigenvalue weighted by atomic mass is 19.1. The van der Waals surface area contributed by atoms with Crippen LogP contribution in [0, 0.1) is 5.82 Å². The maximum Gasteiger partial charge on any atom is 0.295 e. The quantitative estimate of drug-likeness (QED) is 0.508. The third kappa shape index (κ3) is 4.92. The molecule has 0 radical (unpaired) electrons. The van der Waals surface area contributed by atoms with Crippen molar-refractivity contribution in [1.29, 1.82) is 0 Å². The maximum absolute atomic E-state index is 15.1. The fourth-order valence-corrected chi connectivity index (χ4v) is 4.26. The zero-order valence-electron chi connectivity index (χ0n) is 18.5. The lowest BCUT2D eigenvalue weighted by molar-refractivity contribution is -0.123. The zero-order chi connectivity index (χ0) is 23.2. The van der Waals surface area contributed by atoms with Crippen molar-refractivity contribution in [3.63, 3.8) is 0 Å². The first-order chi connectivity index (χ1) is 16.1. The monoisotopic (exact) mass is 450 g/mol. The van der Waals surface area contributed by atoms with Crippen molar-refractivity contribution in [3.8, 4) is 5.75 Å². The molecule has 4 rings (SSSR count). The van der Waals surface area contributed by atoms with Crippen LogP contribution < -0.4 is 15.0 Å². The van der Waals surface area contributed by atoms with Crippen LogP contribution in [0.15, 0.2) is 71.3 Å². The van der Waals surface area contributed by atoms with Gasteiger partial charge in [-0.15, -0.1) is 0 Å². The van der Waals surface area contributed by atoms with Gasteiger partial charge >= 0.3 is 0 Å². The molecule has 1 fully saturated rings. The maximum atomic E-state index is 15.1. The molecule has 1 aromatic heterocycles. The van der Waals surface area contributed by atoms with Crippen LogP contribution in [0.1, 0.15) is 54.8 Å². The van der Waals surface area contributed by atoms with Crippen LogP contribution in [-0.4, -0.2) is 24.5 Å². The molecule has 1 heterocycles. The molecule has 0 bridgehead atoms. The van der Waals surface area contributed by atoms with E-state index in [0.717, 1.165) is 25.7 Å². The van der Waals surface area contributed by atoms with E-state index in [1.165, 1.54) is 29.4 Å². The predicted octanol–water partition coefficient (Wildman–Crippen LogP) is 5.26. The topological polar surface area (TPSA) is 71.8 Å². The van der Waals surface area contributed by atoms with Crippen LogP contribution in [0.25, 0.3) is 0 Å². The van der Waals surface area contributed by atoms with Gasteiger partial charge in [-0.25, -0.2) is 4.39 Å². The first-order valence-electron chi connectivity index (χ1n) is 11.2. The number of nitrogens with zero attached hydrogens (tertiary/aromatic N) is 1. The molecule has 0 spiro atoms. The number of furan rings is 1. The molecule has 172 valence electrons. The molecule has 33 heavy (non-hydrogen) atoms. The van der Waals surface area contributed by atoms with Crippen molar-refractivity contribution in [2.45, 2.75) is 44.7 Å². The lowest BCUT2D eigenvalue weighted by Crippen LogP contribution is -2.46. The van der Waals surface area contributed by atoms with Gasteiger partial charge in [0.2, 0.25) is 5.91 Å². The van der Waals surface area contributed by atoms with Crippen molar-refractivity contribution < 1.29 is 23.1 Å². The number of ether oxygens (including phenoxy) is 1. The summed E-state index contributed by atoms with van der Waals surface area (Å²) in [5.74, 6) is -1.14. The molecule has 2 aromatic carbocycles. The van der Waals surface area contributed by atoms with Crippen LogP contribution in [0.5, 0.6) is 5.75 Å². The SMILES string of the molecule is CCOc1ccccc1N(C(=O)c1ccco1)[C@@H](C(=O)NC1CCCC1)c1ccccc1F. The highest BCUT2D eigenvalue weighted by molar-refractivity contribution is 6.09. The van der Waals surface area contributed by atoms with Gasteiger partial charge in [0.1, 0.15) is 17.6 Å². The number of nitrogens with one attached hydrogen (secondary N) is 1. The van der Waals surface area contributed by atoms with Gasteiger partial charge in [0.05, 0.1) is 18.6 Å². The minimum atomic E-state index is -1.26. The van der Waals surface area contributed by atoms with E-state index in [4.69, 9.17) is 9.15 Å². The summed E-state index contributed by atoms with van der Waals surface area (Å²) in [4.78, 5) is 28.6. The number of hydrogen-bond donors (Lipinski definition) is 1. The highest BCUT2D eigenvalue weighted by Gasteiger charge is 2.38. The first-order valence-corrected chi connectivity index (χ1v) is 11.2.